The normalized spacial score (nSPS) is 19.7. The first kappa shape index (κ1) is 31.6. The molecule has 236 valence electrons. The zero-order valence-electron chi connectivity index (χ0n) is 25.1. The maximum absolute atomic E-state index is 14.8. The van der Waals surface area contributed by atoms with Crippen LogP contribution in [0.2, 0.25) is 0 Å². The highest BCUT2D eigenvalue weighted by atomic mass is 19.2. The van der Waals surface area contributed by atoms with Crippen LogP contribution >= 0.6 is 0 Å². The number of nitriles is 1. The van der Waals surface area contributed by atoms with Crippen LogP contribution in [-0.2, 0) is 11.8 Å². The van der Waals surface area contributed by atoms with Crippen LogP contribution in [0.5, 0.6) is 5.75 Å². The highest BCUT2D eigenvalue weighted by Crippen LogP contribution is 2.30. The van der Waals surface area contributed by atoms with Crippen LogP contribution < -0.4 is 15.4 Å². The van der Waals surface area contributed by atoms with Crippen LogP contribution in [0, 0.1) is 29.9 Å². The van der Waals surface area contributed by atoms with E-state index in [2.05, 4.69) is 15.6 Å². The van der Waals surface area contributed by atoms with E-state index in [1.54, 1.807) is 47.9 Å². The Bertz CT molecular complexity index is 1690. The van der Waals surface area contributed by atoms with Gasteiger partial charge in [-0.1, -0.05) is 0 Å². The molecule has 14 heteroatoms. The standard InChI is InChI=1S/C31H33F2N7O5/c1-18-14-19(4-5-20(18)29(42)39-9-11-40(12-10-39)30(43)22-15-31(2,44)17-36-22)37-28(41)27-35-16-23(38(27)3)21-6-7-24(45-13-8-34)26(33)25(21)32/h4-7,14,16,22,36,44H,9-13,15,17H2,1-3H3,(H,37,41)/t22-,31-/m0/s1. The fourth-order valence-electron chi connectivity index (χ4n) is 5.61. The number of halogens is 2. The quantitative estimate of drug-likeness (QED) is 0.363. The van der Waals surface area contributed by atoms with E-state index in [-0.39, 0.29) is 28.9 Å². The lowest BCUT2D eigenvalue weighted by molar-refractivity contribution is -0.134. The van der Waals surface area contributed by atoms with Crippen molar-refractivity contribution in [3.63, 3.8) is 0 Å². The summed E-state index contributed by atoms with van der Waals surface area (Å²) in [6.45, 7) is 4.88. The summed E-state index contributed by atoms with van der Waals surface area (Å²) in [7, 11) is 1.49. The fraction of sp³-hybridized carbons (Fsp3) is 0.387. The third-order valence-electron chi connectivity index (χ3n) is 8.07. The van der Waals surface area contributed by atoms with Gasteiger partial charge < -0.3 is 34.8 Å². The number of benzene rings is 2. The van der Waals surface area contributed by atoms with Gasteiger partial charge in [-0.15, -0.1) is 0 Å². The summed E-state index contributed by atoms with van der Waals surface area (Å²) in [4.78, 5) is 46.7. The highest BCUT2D eigenvalue weighted by molar-refractivity contribution is 6.03. The predicted molar refractivity (Wildman–Crippen MR) is 158 cm³/mol. The Balaban J connectivity index is 1.21. The van der Waals surface area contributed by atoms with Gasteiger partial charge in [0.2, 0.25) is 11.7 Å². The monoisotopic (exact) mass is 621 g/mol. The molecule has 5 rings (SSSR count). The van der Waals surface area contributed by atoms with Crippen molar-refractivity contribution in [1.82, 2.24) is 24.7 Å². The van der Waals surface area contributed by atoms with Gasteiger partial charge >= 0.3 is 0 Å². The van der Waals surface area contributed by atoms with Crippen molar-refractivity contribution < 1.29 is 33.0 Å². The predicted octanol–water partition coefficient (Wildman–Crippen LogP) is 2.23. The number of anilines is 1. The maximum Gasteiger partial charge on any atom is 0.291 e. The van der Waals surface area contributed by atoms with Gasteiger partial charge in [-0.2, -0.15) is 9.65 Å². The molecule has 3 N–H and O–H groups in total. The summed E-state index contributed by atoms with van der Waals surface area (Å²) in [5.74, 6) is -3.79. The third kappa shape index (κ3) is 6.50. The van der Waals surface area contributed by atoms with Crippen molar-refractivity contribution in [3.8, 4) is 23.1 Å². The van der Waals surface area contributed by atoms with E-state index >= 15 is 0 Å². The minimum atomic E-state index is -1.26. The Morgan fingerprint density at radius 3 is 2.51 bits per heavy atom. The van der Waals surface area contributed by atoms with E-state index in [0.29, 0.717) is 56.0 Å². The Morgan fingerprint density at radius 2 is 1.87 bits per heavy atom. The van der Waals surface area contributed by atoms with E-state index in [4.69, 9.17) is 10.00 Å². The lowest BCUT2D eigenvalue weighted by Gasteiger charge is -2.36. The zero-order valence-corrected chi connectivity index (χ0v) is 25.1. The van der Waals surface area contributed by atoms with Crippen molar-refractivity contribution in [2.75, 3.05) is 44.6 Å². The number of rotatable bonds is 7. The summed E-state index contributed by atoms with van der Waals surface area (Å²) in [5.41, 5.74) is 0.591. The molecule has 45 heavy (non-hydrogen) atoms. The second-order valence-electron chi connectivity index (χ2n) is 11.4. The molecule has 2 aromatic carbocycles. The molecule has 3 aromatic rings. The number of piperazine rings is 1. The van der Waals surface area contributed by atoms with Gasteiger partial charge in [0.1, 0.15) is 6.07 Å². The molecule has 2 aliphatic rings. The smallest absolute Gasteiger partial charge is 0.291 e. The maximum atomic E-state index is 14.8. The lowest BCUT2D eigenvalue weighted by Crippen LogP contribution is -2.54. The van der Waals surface area contributed by atoms with E-state index in [9.17, 15) is 28.3 Å². The van der Waals surface area contributed by atoms with Gasteiger partial charge in [0.05, 0.1) is 23.5 Å². The van der Waals surface area contributed by atoms with Gasteiger partial charge in [-0.3, -0.25) is 14.4 Å². The minimum absolute atomic E-state index is 0.0590. The molecular formula is C31H33F2N7O5. The first-order valence-corrected chi connectivity index (χ1v) is 14.4. The van der Waals surface area contributed by atoms with Crippen LogP contribution in [0.1, 0.15) is 39.9 Å². The highest BCUT2D eigenvalue weighted by Gasteiger charge is 2.39. The molecule has 0 bridgehead atoms. The molecule has 2 aliphatic heterocycles. The lowest BCUT2D eigenvalue weighted by atomic mass is 10.0. The number of ether oxygens (including phenoxy) is 1. The molecule has 2 fully saturated rings. The van der Waals surface area contributed by atoms with Gasteiger partial charge in [0.15, 0.2) is 24.0 Å². The van der Waals surface area contributed by atoms with Crippen LogP contribution in [0.15, 0.2) is 36.5 Å². The molecule has 2 saturated heterocycles. The summed E-state index contributed by atoms with van der Waals surface area (Å²) < 4.78 is 35.5. The van der Waals surface area contributed by atoms with Gasteiger partial charge in [0.25, 0.3) is 11.8 Å². The number of amides is 3. The number of imidazole rings is 1. The van der Waals surface area contributed by atoms with Crippen molar-refractivity contribution in [1.29, 1.82) is 5.26 Å². The van der Waals surface area contributed by atoms with E-state index in [0.717, 1.165) is 0 Å². The van der Waals surface area contributed by atoms with Crippen molar-refractivity contribution >= 4 is 23.4 Å². The van der Waals surface area contributed by atoms with Crippen LogP contribution in [0.25, 0.3) is 11.3 Å². The number of nitrogens with one attached hydrogen (secondary N) is 2. The molecule has 12 nitrogen and oxygen atoms in total. The number of aryl methyl sites for hydroxylation is 1. The van der Waals surface area contributed by atoms with Gasteiger partial charge in [-0.05, 0) is 49.7 Å². The molecule has 3 heterocycles. The Kier molecular flexibility index (Phi) is 8.85. The van der Waals surface area contributed by atoms with Crippen molar-refractivity contribution in [3.05, 3.63) is 65.1 Å². The number of aromatic nitrogens is 2. The van der Waals surface area contributed by atoms with Crippen molar-refractivity contribution in [2.45, 2.75) is 31.9 Å². The minimum Gasteiger partial charge on any atom is -0.476 e. The number of hydrogen-bond donors (Lipinski definition) is 3. The van der Waals surface area contributed by atoms with E-state index in [1.165, 1.54) is 29.9 Å². The Morgan fingerprint density at radius 1 is 1.16 bits per heavy atom. The summed E-state index contributed by atoms with van der Waals surface area (Å²) >= 11 is 0. The van der Waals surface area contributed by atoms with Gasteiger partial charge in [-0.25, -0.2) is 9.37 Å². The van der Waals surface area contributed by atoms with Crippen LogP contribution in [0.3, 0.4) is 0 Å². The largest absolute Gasteiger partial charge is 0.476 e. The Hall–Kier alpha value is -4.87. The number of aliphatic hydroxyl groups is 1. The third-order valence-corrected chi connectivity index (χ3v) is 8.07. The SMILES string of the molecule is Cc1cc(NC(=O)c2ncc(-c3ccc(OCC#N)c(F)c3F)n2C)ccc1C(=O)N1CCN(C(=O)[C@@H]2C[C@](C)(O)CN2)CC1. The molecule has 0 spiro atoms. The molecular weight excluding hydrogens is 588 g/mol. The molecule has 0 unspecified atom stereocenters. The average Bonchev–Trinajstić information content (AvgIpc) is 3.58. The number of nitrogens with zero attached hydrogens (tertiary/aromatic N) is 5. The number of hydrogen-bond acceptors (Lipinski definition) is 8. The Labute approximate surface area is 258 Å². The molecule has 3 amide bonds. The van der Waals surface area contributed by atoms with Crippen LogP contribution in [-0.4, -0.2) is 93.2 Å². The number of carbonyl (C=O) groups is 3. The van der Waals surface area contributed by atoms with E-state index < -0.39 is 41.5 Å². The first-order valence-electron chi connectivity index (χ1n) is 14.4. The second kappa shape index (κ2) is 12.6. The summed E-state index contributed by atoms with van der Waals surface area (Å²) in [6.07, 6.45) is 1.60. The summed E-state index contributed by atoms with van der Waals surface area (Å²) in [6, 6.07) is 8.59. The fourth-order valence-corrected chi connectivity index (χ4v) is 5.61. The molecule has 0 radical (unpaired) electrons. The number of carbonyl (C=O) groups excluding carboxylic acids is 3. The summed E-state index contributed by atoms with van der Waals surface area (Å²) in [5, 5.41) is 24.6. The average molecular weight is 622 g/mol. The second-order valence-corrected chi connectivity index (χ2v) is 11.4. The van der Waals surface area contributed by atoms with Crippen LogP contribution in [0.4, 0.5) is 14.5 Å². The van der Waals surface area contributed by atoms with E-state index in [1.807, 2.05) is 0 Å². The topological polar surface area (TPSA) is 153 Å². The molecule has 0 aliphatic carbocycles. The number of β-amino-alcohol motifs (C(OH)–C–C–N with tert-alkyl or cyclic N) is 1. The first-order chi connectivity index (χ1) is 21.4. The van der Waals surface area contributed by atoms with Gasteiger partial charge in [0, 0.05) is 63.0 Å². The van der Waals surface area contributed by atoms with Crippen molar-refractivity contribution in [2.24, 2.45) is 7.05 Å². The molecule has 2 atom stereocenters. The zero-order chi connectivity index (χ0) is 32.5. The molecule has 1 aromatic heterocycles. The molecule has 0 saturated carbocycles.